The predicted octanol–water partition coefficient (Wildman–Crippen LogP) is 0.288. The number of rotatable bonds is 5. The molecule has 0 amide bonds. The second-order valence-electron chi connectivity index (χ2n) is 5.00. The zero-order valence-corrected chi connectivity index (χ0v) is 11.6. The van der Waals surface area contributed by atoms with E-state index in [1.165, 1.54) is 5.69 Å². The molecule has 5 heteroatoms. The standard InChI is InChI=1S/C13H25N5/c1-3-18-13(10-12(2)15-18)11-17-8-6-16(5-4-14)7-9-17/h10H,3-9,11,14H2,1-2H3. The van der Waals surface area contributed by atoms with Crippen molar-refractivity contribution in [3.63, 3.8) is 0 Å². The molecule has 0 saturated carbocycles. The molecule has 2 rings (SSSR count). The average Bonchev–Trinajstić information content (AvgIpc) is 2.72. The number of nitrogens with two attached hydrogens (primary N) is 1. The van der Waals surface area contributed by atoms with Crippen molar-refractivity contribution < 1.29 is 0 Å². The van der Waals surface area contributed by atoms with E-state index in [0.29, 0.717) is 0 Å². The summed E-state index contributed by atoms with van der Waals surface area (Å²) in [7, 11) is 0. The third-order valence-electron chi connectivity index (χ3n) is 3.58. The molecule has 102 valence electrons. The number of piperazine rings is 1. The summed E-state index contributed by atoms with van der Waals surface area (Å²) in [6, 6.07) is 2.20. The number of nitrogens with zero attached hydrogens (tertiary/aromatic N) is 4. The Morgan fingerprint density at radius 1 is 1.22 bits per heavy atom. The molecule has 1 aromatic heterocycles. The quantitative estimate of drug-likeness (QED) is 0.817. The first-order valence-corrected chi connectivity index (χ1v) is 6.91. The van der Waals surface area contributed by atoms with Gasteiger partial charge in [-0.1, -0.05) is 0 Å². The largest absolute Gasteiger partial charge is 0.329 e. The summed E-state index contributed by atoms with van der Waals surface area (Å²) >= 11 is 0. The molecule has 2 N–H and O–H groups in total. The van der Waals surface area contributed by atoms with Crippen molar-refractivity contribution >= 4 is 0 Å². The number of hydrogen-bond donors (Lipinski definition) is 1. The molecule has 18 heavy (non-hydrogen) atoms. The molecule has 0 aromatic carbocycles. The van der Waals surface area contributed by atoms with Crippen molar-refractivity contribution in [2.24, 2.45) is 5.73 Å². The Bertz CT molecular complexity index is 365. The summed E-state index contributed by atoms with van der Waals surface area (Å²) in [5.41, 5.74) is 8.05. The zero-order valence-electron chi connectivity index (χ0n) is 11.6. The lowest BCUT2D eigenvalue weighted by Gasteiger charge is -2.34. The lowest BCUT2D eigenvalue weighted by molar-refractivity contribution is 0.127. The van der Waals surface area contributed by atoms with Crippen LogP contribution in [0.1, 0.15) is 18.3 Å². The van der Waals surface area contributed by atoms with Gasteiger partial charge in [-0.15, -0.1) is 0 Å². The van der Waals surface area contributed by atoms with E-state index in [4.69, 9.17) is 5.73 Å². The molecule has 0 bridgehead atoms. The van der Waals surface area contributed by atoms with Crippen molar-refractivity contribution in [1.82, 2.24) is 19.6 Å². The Labute approximate surface area is 110 Å². The van der Waals surface area contributed by atoms with Crippen LogP contribution in [0.4, 0.5) is 0 Å². The molecule has 1 aliphatic heterocycles. The molecular weight excluding hydrogens is 226 g/mol. The third-order valence-corrected chi connectivity index (χ3v) is 3.58. The van der Waals surface area contributed by atoms with Crippen molar-refractivity contribution in [1.29, 1.82) is 0 Å². The first kappa shape index (κ1) is 13.5. The van der Waals surface area contributed by atoms with E-state index >= 15 is 0 Å². The van der Waals surface area contributed by atoms with Gasteiger partial charge in [0, 0.05) is 52.4 Å². The minimum Gasteiger partial charge on any atom is -0.329 e. The van der Waals surface area contributed by atoms with E-state index in [9.17, 15) is 0 Å². The molecule has 0 spiro atoms. The average molecular weight is 251 g/mol. The molecule has 0 radical (unpaired) electrons. The van der Waals surface area contributed by atoms with Crippen LogP contribution in [0.25, 0.3) is 0 Å². The second-order valence-corrected chi connectivity index (χ2v) is 5.00. The number of aryl methyl sites for hydroxylation is 2. The summed E-state index contributed by atoms with van der Waals surface area (Å²) in [6.07, 6.45) is 0. The van der Waals surface area contributed by atoms with Gasteiger partial charge in [0.05, 0.1) is 11.4 Å². The molecule has 1 fully saturated rings. The SMILES string of the molecule is CCn1nc(C)cc1CN1CCN(CCN)CC1. The van der Waals surface area contributed by atoms with Crippen molar-refractivity contribution in [3.05, 3.63) is 17.5 Å². The molecule has 2 heterocycles. The minimum absolute atomic E-state index is 0.766. The molecule has 5 nitrogen and oxygen atoms in total. The Morgan fingerprint density at radius 2 is 1.89 bits per heavy atom. The Kier molecular flexibility index (Phi) is 4.74. The highest BCUT2D eigenvalue weighted by Gasteiger charge is 2.17. The second kappa shape index (κ2) is 6.31. The highest BCUT2D eigenvalue weighted by molar-refractivity contribution is 5.09. The number of aromatic nitrogens is 2. The van der Waals surface area contributed by atoms with Crippen LogP contribution in [0.2, 0.25) is 0 Å². The van der Waals surface area contributed by atoms with Gasteiger partial charge in [0.1, 0.15) is 0 Å². The summed E-state index contributed by atoms with van der Waals surface area (Å²) in [5, 5.41) is 4.50. The summed E-state index contributed by atoms with van der Waals surface area (Å²) in [4.78, 5) is 4.95. The van der Waals surface area contributed by atoms with Crippen LogP contribution in [0, 0.1) is 6.92 Å². The van der Waals surface area contributed by atoms with Gasteiger partial charge in [0.25, 0.3) is 0 Å². The minimum atomic E-state index is 0.766. The maximum Gasteiger partial charge on any atom is 0.0597 e. The summed E-state index contributed by atoms with van der Waals surface area (Å²) in [6.45, 7) is 12.5. The van der Waals surface area contributed by atoms with Crippen LogP contribution in [0.15, 0.2) is 6.07 Å². The molecule has 0 unspecified atom stereocenters. The first-order valence-electron chi connectivity index (χ1n) is 6.91. The Hall–Kier alpha value is -0.910. The summed E-state index contributed by atoms with van der Waals surface area (Å²) < 4.78 is 2.11. The van der Waals surface area contributed by atoms with E-state index in [0.717, 1.165) is 58.1 Å². The maximum atomic E-state index is 5.59. The van der Waals surface area contributed by atoms with Crippen molar-refractivity contribution in [3.8, 4) is 0 Å². The van der Waals surface area contributed by atoms with E-state index in [2.05, 4.69) is 39.5 Å². The Morgan fingerprint density at radius 3 is 2.50 bits per heavy atom. The van der Waals surface area contributed by atoms with Crippen LogP contribution in [0.3, 0.4) is 0 Å². The highest BCUT2D eigenvalue weighted by Crippen LogP contribution is 2.10. The van der Waals surface area contributed by atoms with Gasteiger partial charge >= 0.3 is 0 Å². The van der Waals surface area contributed by atoms with Gasteiger partial charge in [-0.05, 0) is 19.9 Å². The van der Waals surface area contributed by atoms with Crippen molar-refractivity contribution in [2.45, 2.75) is 26.9 Å². The molecule has 0 atom stereocenters. The maximum absolute atomic E-state index is 5.59. The first-order chi connectivity index (χ1) is 8.72. The number of hydrogen-bond acceptors (Lipinski definition) is 4. The van der Waals surface area contributed by atoms with Crippen LogP contribution in [0.5, 0.6) is 0 Å². The van der Waals surface area contributed by atoms with Gasteiger partial charge in [-0.25, -0.2) is 0 Å². The van der Waals surface area contributed by atoms with Gasteiger partial charge in [0.15, 0.2) is 0 Å². The summed E-state index contributed by atoms with van der Waals surface area (Å²) in [5.74, 6) is 0. The van der Waals surface area contributed by atoms with Gasteiger partial charge in [0.2, 0.25) is 0 Å². The van der Waals surface area contributed by atoms with E-state index < -0.39 is 0 Å². The zero-order chi connectivity index (χ0) is 13.0. The molecule has 0 aliphatic carbocycles. The van der Waals surface area contributed by atoms with E-state index in [1.54, 1.807) is 0 Å². The van der Waals surface area contributed by atoms with Gasteiger partial charge in [-0.3, -0.25) is 14.5 Å². The fraction of sp³-hybridized carbons (Fsp3) is 0.769. The van der Waals surface area contributed by atoms with Crippen LogP contribution >= 0.6 is 0 Å². The lowest BCUT2D eigenvalue weighted by atomic mass is 10.2. The predicted molar refractivity (Wildman–Crippen MR) is 73.4 cm³/mol. The molecule has 1 saturated heterocycles. The monoisotopic (exact) mass is 251 g/mol. The van der Waals surface area contributed by atoms with Crippen molar-refractivity contribution in [2.75, 3.05) is 39.3 Å². The lowest BCUT2D eigenvalue weighted by Crippen LogP contribution is -2.47. The fourth-order valence-corrected chi connectivity index (χ4v) is 2.58. The Balaban J connectivity index is 1.87. The van der Waals surface area contributed by atoms with Crippen LogP contribution in [-0.2, 0) is 13.1 Å². The topological polar surface area (TPSA) is 50.3 Å². The van der Waals surface area contributed by atoms with E-state index in [-0.39, 0.29) is 0 Å². The third kappa shape index (κ3) is 3.31. The van der Waals surface area contributed by atoms with Gasteiger partial charge < -0.3 is 5.73 Å². The smallest absolute Gasteiger partial charge is 0.0597 e. The van der Waals surface area contributed by atoms with Crippen LogP contribution < -0.4 is 5.73 Å². The normalized spacial score (nSPS) is 18.4. The molecule has 1 aliphatic rings. The fourth-order valence-electron chi connectivity index (χ4n) is 2.58. The molecule has 1 aromatic rings. The van der Waals surface area contributed by atoms with Gasteiger partial charge in [-0.2, -0.15) is 5.10 Å². The van der Waals surface area contributed by atoms with Crippen LogP contribution in [-0.4, -0.2) is 58.8 Å². The van der Waals surface area contributed by atoms with E-state index in [1.807, 2.05) is 0 Å². The molecular formula is C13H25N5. The highest BCUT2D eigenvalue weighted by atomic mass is 15.3.